The van der Waals surface area contributed by atoms with Gasteiger partial charge in [-0.2, -0.15) is 5.10 Å². The van der Waals surface area contributed by atoms with Crippen LogP contribution in [0.5, 0.6) is 0 Å². The summed E-state index contributed by atoms with van der Waals surface area (Å²) in [4.78, 5) is 8.91. The Morgan fingerprint density at radius 1 is 1.52 bits per heavy atom. The van der Waals surface area contributed by atoms with Crippen LogP contribution in [0.4, 0.5) is 0 Å². The van der Waals surface area contributed by atoms with Gasteiger partial charge >= 0.3 is 0 Å². The van der Waals surface area contributed by atoms with Gasteiger partial charge in [-0.25, -0.2) is 9.67 Å². The fourth-order valence-electron chi connectivity index (χ4n) is 2.37. The van der Waals surface area contributed by atoms with Crippen molar-refractivity contribution in [1.29, 1.82) is 0 Å². The molecule has 1 unspecified atom stereocenters. The summed E-state index contributed by atoms with van der Waals surface area (Å²) in [6.45, 7) is 8.33. The fraction of sp³-hybridized carbons (Fsp3) is 0.786. The molecule has 0 spiro atoms. The topological polar surface area (TPSA) is 87.4 Å². The molecule has 1 aromatic heterocycles. The third-order valence-corrected chi connectivity index (χ3v) is 3.45. The van der Waals surface area contributed by atoms with Crippen LogP contribution < -0.4 is 10.6 Å². The maximum absolute atomic E-state index is 8.89. The van der Waals surface area contributed by atoms with E-state index in [2.05, 4.69) is 39.6 Å². The summed E-state index contributed by atoms with van der Waals surface area (Å²) in [6.07, 6.45) is 1.94. The monoisotopic (exact) mass is 294 g/mol. The molecule has 21 heavy (non-hydrogen) atoms. The highest BCUT2D eigenvalue weighted by Crippen LogP contribution is 2.16. The Kier molecular flexibility index (Phi) is 5.55. The van der Waals surface area contributed by atoms with Crippen LogP contribution in [-0.4, -0.2) is 51.6 Å². The van der Waals surface area contributed by atoms with Gasteiger partial charge in [-0.05, 0) is 13.3 Å². The standard InChI is InChI=1S/C14H26N6O/c1-4-15-14(16-7-8-21)17-11-5-6-12-18-13(10(2)3)19-20(12)9-11/h10-11,21H,4-9H2,1-3H3,(H2,15,16,17). The predicted octanol–water partition coefficient (Wildman–Crippen LogP) is 0.264. The summed E-state index contributed by atoms with van der Waals surface area (Å²) in [5.41, 5.74) is 0. The number of aryl methyl sites for hydroxylation is 1. The summed E-state index contributed by atoms with van der Waals surface area (Å²) >= 11 is 0. The minimum absolute atomic E-state index is 0.0617. The number of nitrogens with zero attached hydrogens (tertiary/aromatic N) is 4. The second-order valence-corrected chi connectivity index (χ2v) is 5.59. The third kappa shape index (κ3) is 4.17. The number of aliphatic imine (C=N–C) groups is 1. The average molecular weight is 294 g/mol. The molecule has 0 radical (unpaired) electrons. The summed E-state index contributed by atoms with van der Waals surface area (Å²) in [5.74, 6) is 3.11. The molecule has 118 valence electrons. The van der Waals surface area contributed by atoms with Gasteiger partial charge in [0, 0.05) is 24.9 Å². The van der Waals surface area contributed by atoms with Gasteiger partial charge in [-0.1, -0.05) is 13.8 Å². The number of aliphatic hydroxyl groups excluding tert-OH is 1. The van der Waals surface area contributed by atoms with Crippen molar-refractivity contribution in [3.8, 4) is 0 Å². The van der Waals surface area contributed by atoms with Crippen LogP contribution >= 0.6 is 0 Å². The highest BCUT2D eigenvalue weighted by molar-refractivity contribution is 5.80. The smallest absolute Gasteiger partial charge is 0.191 e. The Morgan fingerprint density at radius 2 is 2.33 bits per heavy atom. The number of aliphatic hydroxyl groups is 1. The van der Waals surface area contributed by atoms with Crippen molar-refractivity contribution < 1.29 is 5.11 Å². The Bertz CT molecular complexity index is 482. The number of fused-ring (bicyclic) bond motifs is 1. The number of hydrogen-bond acceptors (Lipinski definition) is 4. The molecule has 7 heteroatoms. The van der Waals surface area contributed by atoms with E-state index in [4.69, 9.17) is 5.11 Å². The average Bonchev–Trinajstić information content (AvgIpc) is 2.88. The maximum atomic E-state index is 8.89. The lowest BCUT2D eigenvalue weighted by molar-refractivity contribution is 0.306. The van der Waals surface area contributed by atoms with Crippen LogP contribution in [0.1, 0.15) is 44.8 Å². The molecule has 2 heterocycles. The van der Waals surface area contributed by atoms with Crippen molar-refractivity contribution in [1.82, 2.24) is 25.4 Å². The minimum Gasteiger partial charge on any atom is -0.394 e. The molecule has 0 aromatic carbocycles. The Hall–Kier alpha value is -1.63. The van der Waals surface area contributed by atoms with Crippen molar-refractivity contribution in [3.05, 3.63) is 11.6 Å². The number of hydrogen-bond donors (Lipinski definition) is 3. The van der Waals surface area contributed by atoms with E-state index in [1.165, 1.54) is 0 Å². The Labute approximate surface area is 125 Å². The van der Waals surface area contributed by atoms with Gasteiger partial charge in [0.2, 0.25) is 0 Å². The summed E-state index contributed by atoms with van der Waals surface area (Å²) in [5, 5.41) is 20.1. The van der Waals surface area contributed by atoms with Gasteiger partial charge in [-0.15, -0.1) is 0 Å². The van der Waals surface area contributed by atoms with Crippen molar-refractivity contribution in [2.24, 2.45) is 4.99 Å². The van der Waals surface area contributed by atoms with E-state index >= 15 is 0 Å². The number of aromatic nitrogens is 3. The van der Waals surface area contributed by atoms with Crippen molar-refractivity contribution in [2.45, 2.75) is 52.1 Å². The first-order valence-corrected chi connectivity index (χ1v) is 7.73. The normalized spacial score (nSPS) is 18.7. The van der Waals surface area contributed by atoms with Crippen molar-refractivity contribution in [3.63, 3.8) is 0 Å². The van der Waals surface area contributed by atoms with Gasteiger partial charge in [0.1, 0.15) is 5.82 Å². The summed E-state index contributed by atoms with van der Waals surface area (Å²) < 4.78 is 2.01. The van der Waals surface area contributed by atoms with E-state index < -0.39 is 0 Å². The second-order valence-electron chi connectivity index (χ2n) is 5.59. The molecular formula is C14H26N6O. The quantitative estimate of drug-likeness (QED) is 0.536. The van der Waals surface area contributed by atoms with E-state index in [0.717, 1.165) is 43.5 Å². The summed E-state index contributed by atoms with van der Waals surface area (Å²) in [6, 6.07) is 0.288. The molecule has 0 saturated carbocycles. The largest absolute Gasteiger partial charge is 0.394 e. The lowest BCUT2D eigenvalue weighted by Gasteiger charge is -2.25. The van der Waals surface area contributed by atoms with E-state index in [-0.39, 0.29) is 12.6 Å². The molecule has 0 aliphatic carbocycles. The van der Waals surface area contributed by atoms with E-state index in [0.29, 0.717) is 12.5 Å². The Morgan fingerprint density at radius 3 is 3.00 bits per heavy atom. The number of guanidine groups is 1. The fourth-order valence-corrected chi connectivity index (χ4v) is 2.37. The predicted molar refractivity (Wildman–Crippen MR) is 82.4 cm³/mol. The second kappa shape index (κ2) is 7.40. The van der Waals surface area contributed by atoms with Crippen LogP contribution in [0.25, 0.3) is 0 Å². The van der Waals surface area contributed by atoms with Crippen molar-refractivity contribution in [2.75, 3.05) is 19.7 Å². The van der Waals surface area contributed by atoms with Gasteiger partial charge in [-0.3, -0.25) is 4.99 Å². The van der Waals surface area contributed by atoms with Crippen LogP contribution in [0.15, 0.2) is 4.99 Å². The van der Waals surface area contributed by atoms with E-state index in [1.54, 1.807) is 0 Å². The molecule has 1 atom stereocenters. The molecule has 7 nitrogen and oxygen atoms in total. The van der Waals surface area contributed by atoms with Crippen LogP contribution in [-0.2, 0) is 13.0 Å². The van der Waals surface area contributed by atoms with Crippen LogP contribution in [0.2, 0.25) is 0 Å². The zero-order chi connectivity index (χ0) is 15.2. The first-order chi connectivity index (χ1) is 10.1. The molecule has 0 saturated heterocycles. The molecule has 0 bridgehead atoms. The molecule has 0 fully saturated rings. The molecule has 1 aromatic rings. The molecule has 0 amide bonds. The SMILES string of the molecule is CCNC(=NCCO)NC1CCc2nc(C(C)C)nn2C1. The van der Waals surface area contributed by atoms with Gasteiger partial charge in [0.15, 0.2) is 11.8 Å². The zero-order valence-electron chi connectivity index (χ0n) is 13.1. The van der Waals surface area contributed by atoms with Gasteiger partial charge < -0.3 is 15.7 Å². The third-order valence-electron chi connectivity index (χ3n) is 3.45. The lowest BCUT2D eigenvalue weighted by Crippen LogP contribution is -2.47. The van der Waals surface area contributed by atoms with E-state index in [9.17, 15) is 0 Å². The Balaban J connectivity index is 1.99. The molecular weight excluding hydrogens is 268 g/mol. The van der Waals surface area contributed by atoms with Gasteiger partial charge in [0.05, 0.1) is 19.7 Å². The van der Waals surface area contributed by atoms with E-state index in [1.807, 2.05) is 11.6 Å². The van der Waals surface area contributed by atoms with Crippen molar-refractivity contribution >= 4 is 5.96 Å². The first-order valence-electron chi connectivity index (χ1n) is 7.73. The zero-order valence-corrected chi connectivity index (χ0v) is 13.1. The maximum Gasteiger partial charge on any atom is 0.191 e. The van der Waals surface area contributed by atoms with Crippen LogP contribution in [0.3, 0.4) is 0 Å². The minimum atomic E-state index is 0.0617. The molecule has 2 rings (SSSR count). The molecule has 1 aliphatic rings. The molecule has 1 aliphatic heterocycles. The highest BCUT2D eigenvalue weighted by Gasteiger charge is 2.22. The summed E-state index contributed by atoms with van der Waals surface area (Å²) in [7, 11) is 0. The van der Waals surface area contributed by atoms with Gasteiger partial charge in [0.25, 0.3) is 0 Å². The lowest BCUT2D eigenvalue weighted by atomic mass is 10.1. The highest BCUT2D eigenvalue weighted by atomic mass is 16.3. The molecule has 3 N–H and O–H groups in total. The first kappa shape index (κ1) is 15.8. The van der Waals surface area contributed by atoms with Crippen LogP contribution in [0, 0.1) is 0 Å². The number of nitrogens with one attached hydrogen (secondary N) is 2. The number of rotatable bonds is 5.